The lowest BCUT2D eigenvalue weighted by Gasteiger charge is -2.61. The maximum absolute atomic E-state index is 12.7. The number of rotatable bonds is 4. The smallest absolute Gasteiger partial charge is 0.222 e. The van der Waals surface area contributed by atoms with Gasteiger partial charge >= 0.3 is 0 Å². The van der Waals surface area contributed by atoms with E-state index < -0.39 is 0 Å². The molecule has 0 aromatic rings. The summed E-state index contributed by atoms with van der Waals surface area (Å²) in [5, 5.41) is 3.38. The van der Waals surface area contributed by atoms with Crippen LogP contribution in [0.25, 0.3) is 0 Å². The molecule has 7 atom stereocenters. The molecule has 1 saturated heterocycles. The molecule has 0 radical (unpaired) electrons. The molecule has 4 heteroatoms. The highest BCUT2D eigenvalue weighted by molar-refractivity contribution is 5.77. The summed E-state index contributed by atoms with van der Waals surface area (Å²) in [4.78, 5) is 27.1. The Bertz CT molecular complexity index is 731. The normalized spacial score (nSPS) is 44.5. The number of amides is 2. The van der Waals surface area contributed by atoms with E-state index in [0.717, 1.165) is 43.6 Å². The molecular formula is C28H46N2O2. The van der Waals surface area contributed by atoms with Gasteiger partial charge in [0, 0.05) is 32.5 Å². The van der Waals surface area contributed by atoms with Gasteiger partial charge in [0.1, 0.15) is 0 Å². The van der Waals surface area contributed by atoms with Crippen LogP contribution in [-0.4, -0.2) is 36.3 Å². The number of fused-ring (bicyclic) bond motifs is 5. The third-order valence-corrected chi connectivity index (χ3v) is 11.5. The van der Waals surface area contributed by atoms with E-state index in [1.807, 2.05) is 0 Å². The van der Waals surface area contributed by atoms with E-state index in [2.05, 4.69) is 31.1 Å². The Hall–Kier alpha value is -1.06. The molecule has 1 N–H and O–H groups in total. The van der Waals surface area contributed by atoms with Gasteiger partial charge in [0.15, 0.2) is 0 Å². The van der Waals surface area contributed by atoms with Gasteiger partial charge in [0.2, 0.25) is 11.8 Å². The highest BCUT2D eigenvalue weighted by atomic mass is 16.2. The third kappa shape index (κ3) is 3.72. The van der Waals surface area contributed by atoms with Crippen LogP contribution in [0.4, 0.5) is 0 Å². The monoisotopic (exact) mass is 442 g/mol. The Balaban J connectivity index is 1.22. The molecule has 1 aliphatic heterocycles. The predicted molar refractivity (Wildman–Crippen MR) is 128 cm³/mol. The van der Waals surface area contributed by atoms with Crippen molar-refractivity contribution in [1.29, 1.82) is 0 Å². The van der Waals surface area contributed by atoms with Gasteiger partial charge in [-0.3, -0.25) is 9.59 Å². The van der Waals surface area contributed by atoms with Gasteiger partial charge in [-0.25, -0.2) is 0 Å². The minimum absolute atomic E-state index is 0.305. The van der Waals surface area contributed by atoms with Crippen LogP contribution < -0.4 is 5.32 Å². The number of nitrogens with one attached hydrogen (secondary N) is 1. The van der Waals surface area contributed by atoms with E-state index >= 15 is 0 Å². The Morgan fingerprint density at radius 1 is 0.938 bits per heavy atom. The van der Waals surface area contributed by atoms with Gasteiger partial charge in [-0.2, -0.15) is 0 Å². The summed E-state index contributed by atoms with van der Waals surface area (Å²) in [5.41, 5.74) is 0.693. The zero-order chi connectivity index (χ0) is 22.5. The van der Waals surface area contributed by atoms with Crippen molar-refractivity contribution >= 4 is 11.8 Å². The van der Waals surface area contributed by atoms with Crippen LogP contribution in [0.3, 0.4) is 0 Å². The van der Waals surface area contributed by atoms with Crippen molar-refractivity contribution in [3.8, 4) is 0 Å². The van der Waals surface area contributed by atoms with Crippen molar-refractivity contribution in [2.75, 3.05) is 13.6 Å². The van der Waals surface area contributed by atoms with E-state index in [-0.39, 0.29) is 0 Å². The fourth-order valence-corrected chi connectivity index (χ4v) is 9.56. The SMILES string of the molecule is CN1C(=O)CC[C@@]2(C)C1CC[C@@H]1[C@H]2CC[C@]2(C)C(CNC(=O)CC3CCCCC3)CC[C@@H]12. The Kier molecular flexibility index (Phi) is 6.12. The van der Waals surface area contributed by atoms with Gasteiger partial charge < -0.3 is 10.2 Å². The number of piperidine rings is 1. The van der Waals surface area contributed by atoms with Gasteiger partial charge in [0.25, 0.3) is 0 Å². The minimum Gasteiger partial charge on any atom is -0.356 e. The van der Waals surface area contributed by atoms with E-state index in [4.69, 9.17) is 0 Å². The molecule has 4 nitrogen and oxygen atoms in total. The van der Waals surface area contributed by atoms with Crippen LogP contribution in [0.5, 0.6) is 0 Å². The third-order valence-electron chi connectivity index (χ3n) is 11.5. The molecule has 1 heterocycles. The number of likely N-dealkylation sites (tertiary alicyclic amines) is 1. The average Bonchev–Trinajstić information content (AvgIpc) is 3.12. The standard InChI is InChI=1S/C28H46N2O2/c1-27-15-13-23-21(10-12-24-28(23,2)16-14-26(32)30(24)3)22(27)11-9-20(27)18-29-25(31)17-19-7-5-4-6-8-19/h19-24H,4-18H2,1-3H3,(H,29,31)/t20?,21-,22-,23+,24?,27+,28+/m0/s1. The zero-order valence-corrected chi connectivity index (χ0v) is 20.8. The molecule has 4 aliphatic carbocycles. The van der Waals surface area contributed by atoms with Gasteiger partial charge in [0.05, 0.1) is 0 Å². The lowest BCUT2D eigenvalue weighted by atomic mass is 9.47. The summed E-state index contributed by atoms with van der Waals surface area (Å²) in [5.74, 6) is 4.33. The average molecular weight is 443 g/mol. The second kappa shape index (κ2) is 8.62. The molecule has 0 bridgehead atoms. The van der Waals surface area contributed by atoms with Crippen molar-refractivity contribution in [1.82, 2.24) is 10.2 Å². The maximum Gasteiger partial charge on any atom is 0.222 e. The molecule has 0 aromatic heterocycles. The number of carbonyl (C=O) groups is 2. The number of nitrogens with zero attached hydrogens (tertiary/aromatic N) is 1. The van der Waals surface area contributed by atoms with Crippen molar-refractivity contribution in [3.05, 3.63) is 0 Å². The van der Waals surface area contributed by atoms with Crippen molar-refractivity contribution in [2.45, 2.75) is 110 Å². The second-order valence-corrected chi connectivity index (χ2v) is 12.8. The largest absolute Gasteiger partial charge is 0.356 e. The molecular weight excluding hydrogens is 396 g/mol. The molecule has 5 fully saturated rings. The lowest BCUT2D eigenvalue weighted by Crippen LogP contribution is -2.61. The Morgan fingerprint density at radius 2 is 1.69 bits per heavy atom. The van der Waals surface area contributed by atoms with Crippen molar-refractivity contribution in [3.63, 3.8) is 0 Å². The summed E-state index contributed by atoms with van der Waals surface area (Å²) in [6.45, 7) is 5.97. The first-order chi connectivity index (χ1) is 15.3. The molecule has 5 aliphatic rings. The number of hydrogen-bond acceptors (Lipinski definition) is 2. The molecule has 5 rings (SSSR count). The van der Waals surface area contributed by atoms with Crippen LogP contribution in [0.15, 0.2) is 0 Å². The van der Waals surface area contributed by atoms with Crippen LogP contribution >= 0.6 is 0 Å². The highest BCUT2D eigenvalue weighted by Crippen LogP contribution is 2.66. The lowest BCUT2D eigenvalue weighted by molar-refractivity contribution is -0.158. The van der Waals surface area contributed by atoms with Crippen LogP contribution in [0, 0.1) is 40.4 Å². The maximum atomic E-state index is 12.7. The van der Waals surface area contributed by atoms with E-state index in [1.165, 1.54) is 70.6 Å². The fourth-order valence-electron chi connectivity index (χ4n) is 9.56. The first-order valence-corrected chi connectivity index (χ1v) is 13.9. The van der Waals surface area contributed by atoms with Gasteiger partial charge in [-0.15, -0.1) is 0 Å². The summed E-state index contributed by atoms with van der Waals surface area (Å²) >= 11 is 0. The van der Waals surface area contributed by atoms with Crippen LogP contribution in [0.1, 0.15) is 104 Å². The number of hydrogen-bond donors (Lipinski definition) is 1. The highest BCUT2D eigenvalue weighted by Gasteiger charge is 2.60. The molecule has 0 aromatic carbocycles. The molecule has 2 amide bonds. The fraction of sp³-hybridized carbons (Fsp3) is 0.929. The van der Waals surface area contributed by atoms with Crippen molar-refractivity contribution < 1.29 is 9.59 Å². The van der Waals surface area contributed by atoms with Crippen LogP contribution in [0.2, 0.25) is 0 Å². The summed E-state index contributed by atoms with van der Waals surface area (Å²) in [6.07, 6.45) is 16.8. The topological polar surface area (TPSA) is 49.4 Å². The molecule has 0 spiro atoms. The summed E-state index contributed by atoms with van der Waals surface area (Å²) in [6, 6.07) is 0.450. The van der Waals surface area contributed by atoms with Crippen molar-refractivity contribution in [2.24, 2.45) is 40.4 Å². The van der Waals surface area contributed by atoms with E-state index in [9.17, 15) is 9.59 Å². The zero-order valence-electron chi connectivity index (χ0n) is 20.8. The van der Waals surface area contributed by atoms with E-state index in [1.54, 1.807) is 0 Å². The Labute approximate surface area is 195 Å². The first kappa shape index (κ1) is 22.7. The van der Waals surface area contributed by atoms with E-state index in [0.29, 0.717) is 40.5 Å². The summed E-state index contributed by atoms with van der Waals surface area (Å²) < 4.78 is 0. The van der Waals surface area contributed by atoms with Crippen LogP contribution in [-0.2, 0) is 9.59 Å². The van der Waals surface area contributed by atoms with Gasteiger partial charge in [-0.05, 0) is 98.2 Å². The Morgan fingerprint density at radius 3 is 2.47 bits per heavy atom. The molecule has 4 saturated carbocycles. The molecule has 180 valence electrons. The first-order valence-electron chi connectivity index (χ1n) is 13.9. The quantitative estimate of drug-likeness (QED) is 0.620. The number of carbonyl (C=O) groups excluding carboxylic acids is 2. The molecule has 2 unspecified atom stereocenters. The second-order valence-electron chi connectivity index (χ2n) is 12.8. The van der Waals surface area contributed by atoms with Gasteiger partial charge in [-0.1, -0.05) is 33.1 Å². The summed E-state index contributed by atoms with van der Waals surface area (Å²) in [7, 11) is 2.05. The predicted octanol–water partition coefficient (Wildman–Crippen LogP) is 5.55. The molecule has 32 heavy (non-hydrogen) atoms. The minimum atomic E-state index is 0.305.